The standard InChI is InChI=1S/C22H33N5O/c1-4-18(2)24-20-7-11-27(12-8-20)22(28)9-10-25-13-15-26(16-14-25)21-6-5-19(3)23-17-21/h4-6,17,20,24H,1-2,7-16H2,3H3. The molecule has 1 aromatic rings. The first-order valence-electron chi connectivity index (χ1n) is 10.3. The molecular formula is C22H33N5O. The van der Waals surface area contributed by atoms with Crippen LogP contribution < -0.4 is 10.2 Å². The van der Waals surface area contributed by atoms with Gasteiger partial charge in [-0.05, 0) is 38.0 Å². The lowest BCUT2D eigenvalue weighted by atomic mass is 10.0. The molecule has 0 unspecified atom stereocenters. The van der Waals surface area contributed by atoms with Gasteiger partial charge < -0.3 is 15.1 Å². The molecule has 0 bridgehead atoms. The van der Waals surface area contributed by atoms with Gasteiger partial charge in [0.1, 0.15) is 0 Å². The fraction of sp³-hybridized carbons (Fsp3) is 0.545. The van der Waals surface area contributed by atoms with Crippen LogP contribution in [0.1, 0.15) is 25.0 Å². The molecule has 152 valence electrons. The number of aromatic nitrogens is 1. The van der Waals surface area contributed by atoms with E-state index in [-0.39, 0.29) is 5.91 Å². The Labute approximate surface area is 168 Å². The number of rotatable bonds is 7. The number of allylic oxidation sites excluding steroid dienone is 1. The maximum absolute atomic E-state index is 12.6. The lowest BCUT2D eigenvalue weighted by molar-refractivity contribution is -0.132. The fourth-order valence-electron chi connectivity index (χ4n) is 3.88. The van der Waals surface area contributed by atoms with Gasteiger partial charge in [0.25, 0.3) is 0 Å². The summed E-state index contributed by atoms with van der Waals surface area (Å²) >= 11 is 0. The average Bonchev–Trinajstić information content (AvgIpc) is 2.73. The van der Waals surface area contributed by atoms with Crippen molar-refractivity contribution in [3.8, 4) is 0 Å². The molecule has 2 aliphatic rings. The molecule has 6 nitrogen and oxygen atoms in total. The lowest BCUT2D eigenvalue weighted by Crippen LogP contribution is -2.48. The van der Waals surface area contributed by atoms with Crippen LogP contribution in [-0.4, -0.2) is 72.5 Å². The fourth-order valence-corrected chi connectivity index (χ4v) is 3.88. The highest BCUT2D eigenvalue weighted by atomic mass is 16.2. The van der Waals surface area contributed by atoms with Gasteiger partial charge in [-0.15, -0.1) is 0 Å². The minimum atomic E-state index is 0.283. The first kappa shape index (κ1) is 20.4. The zero-order valence-corrected chi connectivity index (χ0v) is 17.1. The number of piperidine rings is 1. The minimum absolute atomic E-state index is 0.283. The van der Waals surface area contributed by atoms with E-state index in [4.69, 9.17) is 0 Å². The predicted molar refractivity (Wildman–Crippen MR) is 114 cm³/mol. The topological polar surface area (TPSA) is 51.7 Å². The van der Waals surface area contributed by atoms with Crippen molar-refractivity contribution in [3.05, 3.63) is 49.0 Å². The molecule has 0 aromatic carbocycles. The number of anilines is 1. The molecule has 0 atom stereocenters. The molecule has 1 aromatic heterocycles. The van der Waals surface area contributed by atoms with Crippen molar-refractivity contribution < 1.29 is 4.79 Å². The van der Waals surface area contributed by atoms with Gasteiger partial charge in [0.05, 0.1) is 11.9 Å². The summed E-state index contributed by atoms with van der Waals surface area (Å²) in [5, 5.41) is 3.36. The number of hydrogen-bond acceptors (Lipinski definition) is 5. The summed E-state index contributed by atoms with van der Waals surface area (Å²) in [6.07, 6.45) is 6.26. The number of amides is 1. The van der Waals surface area contributed by atoms with E-state index in [9.17, 15) is 4.79 Å². The molecule has 6 heteroatoms. The van der Waals surface area contributed by atoms with Crippen LogP contribution in [0.4, 0.5) is 5.69 Å². The Morgan fingerprint density at radius 2 is 1.93 bits per heavy atom. The highest BCUT2D eigenvalue weighted by Crippen LogP contribution is 2.16. The third-order valence-electron chi connectivity index (χ3n) is 5.76. The van der Waals surface area contributed by atoms with Crippen molar-refractivity contribution >= 4 is 11.6 Å². The van der Waals surface area contributed by atoms with E-state index in [0.29, 0.717) is 12.5 Å². The molecule has 1 amide bonds. The van der Waals surface area contributed by atoms with Crippen molar-refractivity contribution in [2.24, 2.45) is 0 Å². The van der Waals surface area contributed by atoms with Crippen molar-refractivity contribution in [2.75, 3.05) is 50.7 Å². The molecule has 2 fully saturated rings. The second-order valence-corrected chi connectivity index (χ2v) is 7.77. The number of carbonyl (C=O) groups excluding carboxylic acids is 1. The van der Waals surface area contributed by atoms with E-state index in [2.05, 4.69) is 45.4 Å². The number of nitrogens with zero attached hydrogens (tertiary/aromatic N) is 4. The quantitative estimate of drug-likeness (QED) is 0.732. The van der Waals surface area contributed by atoms with Gasteiger partial charge in [-0.25, -0.2) is 0 Å². The van der Waals surface area contributed by atoms with Gasteiger partial charge in [0.2, 0.25) is 5.91 Å². The van der Waals surface area contributed by atoms with Crippen LogP contribution in [-0.2, 0) is 4.79 Å². The highest BCUT2D eigenvalue weighted by molar-refractivity contribution is 5.76. The van der Waals surface area contributed by atoms with E-state index < -0.39 is 0 Å². The first-order valence-corrected chi connectivity index (χ1v) is 10.3. The predicted octanol–water partition coefficient (Wildman–Crippen LogP) is 2.18. The van der Waals surface area contributed by atoms with Crippen LogP contribution in [0.15, 0.2) is 43.3 Å². The Hall–Kier alpha value is -2.34. The number of carbonyl (C=O) groups is 1. The summed E-state index contributed by atoms with van der Waals surface area (Å²) in [6.45, 7) is 16.1. The number of pyridine rings is 1. The van der Waals surface area contributed by atoms with Gasteiger partial charge in [-0.1, -0.05) is 13.2 Å². The highest BCUT2D eigenvalue weighted by Gasteiger charge is 2.24. The van der Waals surface area contributed by atoms with E-state index in [1.54, 1.807) is 6.08 Å². The molecule has 3 rings (SSSR count). The summed E-state index contributed by atoms with van der Waals surface area (Å²) in [5.74, 6) is 0.283. The van der Waals surface area contributed by atoms with E-state index >= 15 is 0 Å². The van der Waals surface area contributed by atoms with Crippen molar-refractivity contribution in [3.63, 3.8) is 0 Å². The second-order valence-electron chi connectivity index (χ2n) is 7.77. The van der Waals surface area contributed by atoms with Crippen LogP contribution in [0.3, 0.4) is 0 Å². The molecule has 0 spiro atoms. The summed E-state index contributed by atoms with van der Waals surface area (Å²) in [4.78, 5) is 23.8. The summed E-state index contributed by atoms with van der Waals surface area (Å²) in [6, 6.07) is 4.61. The van der Waals surface area contributed by atoms with Crippen LogP contribution >= 0.6 is 0 Å². The van der Waals surface area contributed by atoms with Crippen LogP contribution in [0.25, 0.3) is 0 Å². The van der Waals surface area contributed by atoms with Crippen LogP contribution in [0.5, 0.6) is 0 Å². The molecule has 0 radical (unpaired) electrons. The largest absolute Gasteiger partial charge is 0.383 e. The zero-order chi connectivity index (χ0) is 19.9. The Kier molecular flexibility index (Phi) is 7.09. The third-order valence-corrected chi connectivity index (χ3v) is 5.76. The summed E-state index contributed by atoms with van der Waals surface area (Å²) < 4.78 is 0. The molecule has 0 aliphatic carbocycles. The molecule has 0 saturated carbocycles. The zero-order valence-electron chi connectivity index (χ0n) is 17.1. The number of aryl methyl sites for hydroxylation is 1. The molecule has 28 heavy (non-hydrogen) atoms. The maximum atomic E-state index is 12.6. The molecule has 3 heterocycles. The van der Waals surface area contributed by atoms with E-state index in [1.165, 1.54) is 5.69 Å². The molecule has 1 N–H and O–H groups in total. The number of nitrogens with one attached hydrogen (secondary N) is 1. The minimum Gasteiger partial charge on any atom is -0.383 e. The summed E-state index contributed by atoms with van der Waals surface area (Å²) in [7, 11) is 0. The van der Waals surface area contributed by atoms with Crippen molar-refractivity contribution in [1.29, 1.82) is 0 Å². The van der Waals surface area contributed by atoms with Crippen LogP contribution in [0.2, 0.25) is 0 Å². The summed E-state index contributed by atoms with van der Waals surface area (Å²) in [5.41, 5.74) is 3.11. The molecule has 2 saturated heterocycles. The Bertz CT molecular complexity index is 671. The van der Waals surface area contributed by atoms with Crippen LogP contribution in [0, 0.1) is 6.92 Å². The Balaban J connectivity index is 1.35. The van der Waals surface area contributed by atoms with Crippen molar-refractivity contribution in [2.45, 2.75) is 32.2 Å². The number of piperazine rings is 1. The SMILES string of the molecule is C=CC(=C)NC1CCN(C(=O)CCN2CCN(c3ccc(C)nc3)CC2)CC1. The van der Waals surface area contributed by atoms with Gasteiger partial charge in [-0.3, -0.25) is 14.7 Å². The second kappa shape index (κ2) is 9.73. The molecular weight excluding hydrogens is 350 g/mol. The first-order chi connectivity index (χ1) is 13.5. The smallest absolute Gasteiger partial charge is 0.223 e. The van der Waals surface area contributed by atoms with Gasteiger partial charge in [0, 0.05) is 69.7 Å². The van der Waals surface area contributed by atoms with E-state index in [1.807, 2.05) is 18.0 Å². The Morgan fingerprint density at radius 1 is 1.21 bits per heavy atom. The number of hydrogen-bond donors (Lipinski definition) is 1. The number of likely N-dealkylation sites (tertiary alicyclic amines) is 1. The average molecular weight is 384 g/mol. The van der Waals surface area contributed by atoms with Gasteiger partial charge in [0.15, 0.2) is 0 Å². The monoisotopic (exact) mass is 383 g/mol. The normalized spacial score (nSPS) is 18.8. The van der Waals surface area contributed by atoms with Gasteiger partial charge in [-0.2, -0.15) is 0 Å². The molecule has 2 aliphatic heterocycles. The lowest BCUT2D eigenvalue weighted by Gasteiger charge is -2.37. The maximum Gasteiger partial charge on any atom is 0.223 e. The van der Waals surface area contributed by atoms with E-state index in [0.717, 1.165) is 70.0 Å². The van der Waals surface area contributed by atoms with Gasteiger partial charge >= 0.3 is 0 Å². The Morgan fingerprint density at radius 3 is 2.54 bits per heavy atom. The third kappa shape index (κ3) is 5.58. The van der Waals surface area contributed by atoms with Crippen molar-refractivity contribution in [1.82, 2.24) is 20.1 Å².